The molecule has 560 valence electrons. The van der Waals surface area contributed by atoms with Crippen molar-refractivity contribution in [3.63, 3.8) is 0 Å². The Morgan fingerprint density at radius 2 is 0.510 bits per heavy atom. The van der Waals surface area contributed by atoms with Crippen molar-refractivity contribution in [1.82, 2.24) is 0 Å². The predicted molar refractivity (Wildman–Crippen MR) is 416 cm³/mol. The van der Waals surface area contributed by atoms with Crippen LogP contribution in [0.3, 0.4) is 0 Å². The molecule has 4 saturated heterocycles. The summed E-state index contributed by atoms with van der Waals surface area (Å²) in [5.41, 5.74) is 5.05. The van der Waals surface area contributed by atoms with Crippen LogP contribution in [0.5, 0.6) is 0 Å². The van der Waals surface area contributed by atoms with Crippen molar-refractivity contribution in [2.75, 3.05) is 134 Å². The summed E-state index contributed by atoms with van der Waals surface area (Å²) in [4.78, 5) is 8.33. The number of halogens is 4. The second-order valence-electron chi connectivity index (χ2n) is 29.0. The molecule has 21 nitrogen and oxygen atoms in total. The Morgan fingerprint density at radius 3 is 0.680 bits per heavy atom. The van der Waals surface area contributed by atoms with Gasteiger partial charge in [-0.3, -0.25) is 12.5 Å². The fourth-order valence-electron chi connectivity index (χ4n) is 10.3. The van der Waals surface area contributed by atoms with Crippen LogP contribution in [0.1, 0.15) is 124 Å². The summed E-state index contributed by atoms with van der Waals surface area (Å²) in [5.74, 6) is 1.59. The zero-order valence-electron chi connectivity index (χ0n) is 62.3. The second-order valence-corrected chi connectivity index (χ2v) is 35.9. The van der Waals surface area contributed by atoms with Gasteiger partial charge in [0, 0.05) is 98.1 Å². The van der Waals surface area contributed by atoms with Crippen molar-refractivity contribution >= 4 is 154 Å². The van der Waals surface area contributed by atoms with E-state index in [-0.39, 0.29) is 78.9 Å². The lowest BCUT2D eigenvalue weighted by atomic mass is 9.79. The zero-order chi connectivity index (χ0) is 75.1. The highest BCUT2D eigenvalue weighted by atomic mass is 79.9. The van der Waals surface area contributed by atoms with E-state index in [1.807, 2.05) is 173 Å². The summed E-state index contributed by atoms with van der Waals surface area (Å²) in [5, 5.41) is 0.769. The molecule has 32 heteroatoms. The van der Waals surface area contributed by atoms with Gasteiger partial charge in [-0.1, -0.05) is 71.4 Å². The molecular formula is C68H108B4BrCl3N4O17S3. The highest BCUT2D eigenvalue weighted by Gasteiger charge is 2.55. The van der Waals surface area contributed by atoms with Gasteiger partial charge in [-0.15, -0.1) is 34.8 Å². The van der Waals surface area contributed by atoms with E-state index in [0.29, 0.717) is 43.8 Å². The van der Waals surface area contributed by atoms with Crippen molar-refractivity contribution < 1.29 is 75.0 Å². The Kier molecular flexibility index (Phi) is 32.1. The van der Waals surface area contributed by atoms with Gasteiger partial charge in [0.15, 0.2) is 0 Å². The minimum absolute atomic E-state index is 0.0781. The fourth-order valence-corrected chi connectivity index (χ4v) is 12.5. The van der Waals surface area contributed by atoms with E-state index in [9.17, 15) is 25.3 Å². The number of anilines is 4. The molecule has 0 unspecified atom stereocenters. The highest BCUT2D eigenvalue weighted by molar-refractivity contribution is 9.09. The van der Waals surface area contributed by atoms with Gasteiger partial charge in [-0.2, -0.15) is 25.3 Å². The normalized spacial score (nSPS) is 19.0. The number of hydrogen-bond donors (Lipinski definition) is 0. The van der Waals surface area contributed by atoms with Crippen molar-refractivity contribution in [2.45, 2.75) is 169 Å². The lowest BCUT2D eigenvalue weighted by Gasteiger charge is -2.32. The quantitative estimate of drug-likeness (QED) is 0.0270. The molecule has 0 atom stereocenters. The number of benzene rings is 4. The Morgan fingerprint density at radius 1 is 0.330 bits per heavy atom. The van der Waals surface area contributed by atoms with Gasteiger partial charge < -0.3 is 56.8 Å². The SMILES string of the molecule is CC1(C)OB(c2ccc(N(CCBr)CCOS(C)(=O)=O)cc2)OC1(C)C.CC1(C)OB(c2ccc(N(CCCl)CCCl)cc2)OC1(C)C.CC1(C)OB(c2ccc(N(CCCl)CCOS(C)(=O)=O)cc2)OC1(C)C.CCCN(CCOS(C)(=O)=O)c1ccc(B2OC(C)(C)C(C)(C)O2)cc1. The number of alkyl halides is 4. The van der Waals surface area contributed by atoms with Crippen molar-refractivity contribution in [1.29, 1.82) is 0 Å². The average Bonchev–Trinajstić information content (AvgIpc) is 1.65. The molecule has 4 aromatic rings. The summed E-state index contributed by atoms with van der Waals surface area (Å²) >= 11 is 21.0. The van der Waals surface area contributed by atoms with Crippen molar-refractivity contribution in [3.05, 3.63) is 97.1 Å². The van der Waals surface area contributed by atoms with Gasteiger partial charge in [-0.05, 0) is 188 Å². The summed E-state index contributed by atoms with van der Waals surface area (Å²) in [6.07, 6.45) is 4.12. The van der Waals surface area contributed by atoms with Crippen LogP contribution in [0, 0.1) is 0 Å². The minimum Gasteiger partial charge on any atom is -0.399 e. The molecule has 0 bridgehead atoms. The van der Waals surface area contributed by atoms with Gasteiger partial charge in [0.2, 0.25) is 0 Å². The molecule has 4 fully saturated rings. The van der Waals surface area contributed by atoms with Crippen LogP contribution < -0.4 is 41.5 Å². The van der Waals surface area contributed by atoms with Crippen LogP contribution in [0.25, 0.3) is 0 Å². The molecule has 0 radical (unpaired) electrons. The summed E-state index contributed by atoms with van der Waals surface area (Å²) in [7, 11) is -11.8. The van der Waals surface area contributed by atoms with E-state index in [0.717, 1.165) is 101 Å². The zero-order valence-corrected chi connectivity index (χ0v) is 68.6. The van der Waals surface area contributed by atoms with E-state index < -0.39 is 44.6 Å². The van der Waals surface area contributed by atoms with Crippen LogP contribution in [0.15, 0.2) is 97.1 Å². The van der Waals surface area contributed by atoms with Crippen molar-refractivity contribution in [2.24, 2.45) is 0 Å². The molecular weight excluding hydrogens is 1470 g/mol. The molecule has 0 aromatic heterocycles. The van der Waals surface area contributed by atoms with Gasteiger partial charge in [0.05, 0.1) is 83.4 Å². The molecule has 0 saturated carbocycles. The summed E-state index contributed by atoms with van der Waals surface area (Å²) in [6.45, 7) is 40.1. The van der Waals surface area contributed by atoms with Crippen LogP contribution in [0.4, 0.5) is 22.7 Å². The standard InChI is InChI=1S/C18H30BNO5S.C17H27BBrNO5S.C17H27BClNO5S.C16H24BCl2NO2/c1-7-12-20(13-14-23-26(6,21)22)16-10-8-15(9-11-16)19-24-17(2,3)18(4,5)25-19;2*1-16(2)17(3,4)25-18(24-16)14-6-8-15(9-7-14)20(11-10-19)12-13-23-26(5,21)22;1-15(2)16(3,4)22-17(21-15)13-5-7-14(8-6-13)20(11-9-18)12-10-19/h8-11H,7,12-14H2,1-6H3;2*6-9H,10-13H2,1-5H3;5-8H,9-12H2,1-4H3. The smallest absolute Gasteiger partial charge is 0.399 e. The summed E-state index contributed by atoms with van der Waals surface area (Å²) in [6, 6.07) is 32.0. The molecule has 8 rings (SSSR count). The van der Waals surface area contributed by atoms with Gasteiger partial charge in [-0.25, -0.2) is 0 Å². The van der Waals surface area contributed by atoms with E-state index in [1.54, 1.807) is 0 Å². The monoisotopic (exact) mass is 1580 g/mol. The van der Waals surface area contributed by atoms with Crippen molar-refractivity contribution in [3.8, 4) is 0 Å². The Labute approximate surface area is 624 Å². The van der Waals surface area contributed by atoms with E-state index in [2.05, 4.69) is 77.4 Å². The topological polar surface area (TPSA) is 217 Å². The van der Waals surface area contributed by atoms with E-state index in [1.165, 1.54) is 0 Å². The highest BCUT2D eigenvalue weighted by Crippen LogP contribution is 2.40. The number of rotatable bonds is 30. The molecule has 0 aliphatic carbocycles. The first-order valence-electron chi connectivity index (χ1n) is 33.7. The van der Waals surface area contributed by atoms with Gasteiger partial charge >= 0.3 is 28.5 Å². The lowest BCUT2D eigenvalue weighted by Crippen LogP contribution is -2.41. The third-order valence-electron chi connectivity index (χ3n) is 19.0. The number of nitrogens with zero attached hydrogens (tertiary/aromatic N) is 4. The maximum Gasteiger partial charge on any atom is 0.494 e. The fraction of sp³-hybridized carbons (Fsp3) is 0.647. The Bertz CT molecular complexity index is 3180. The van der Waals surface area contributed by atoms with Gasteiger partial charge in [0.1, 0.15) is 0 Å². The van der Waals surface area contributed by atoms with Crippen LogP contribution in [-0.4, -0.2) is 212 Å². The maximum atomic E-state index is 11.1. The lowest BCUT2D eigenvalue weighted by molar-refractivity contribution is 0.00578. The molecule has 0 spiro atoms. The Hall–Kier alpha value is -2.90. The first-order valence-corrected chi connectivity index (χ1v) is 41.9. The van der Waals surface area contributed by atoms with Crippen LogP contribution >= 0.6 is 50.7 Å². The molecule has 100 heavy (non-hydrogen) atoms. The van der Waals surface area contributed by atoms with Crippen LogP contribution in [-0.2, 0) is 80.1 Å². The molecule has 4 heterocycles. The third-order valence-corrected chi connectivity index (χ3v) is 21.7. The predicted octanol–water partition coefficient (Wildman–Crippen LogP) is 9.62. The first kappa shape index (κ1) is 87.7. The average molecular weight is 1580 g/mol. The minimum atomic E-state index is -3.45. The largest absolute Gasteiger partial charge is 0.494 e. The van der Waals surface area contributed by atoms with E-state index >= 15 is 0 Å². The molecule has 4 aliphatic rings. The molecule has 4 aromatic carbocycles. The molecule has 0 amide bonds. The van der Waals surface area contributed by atoms with Crippen LogP contribution in [0.2, 0.25) is 0 Å². The third kappa shape index (κ3) is 25.7. The Balaban J connectivity index is 0.000000241. The first-order chi connectivity index (χ1) is 46.2. The van der Waals surface area contributed by atoms with Gasteiger partial charge in [0.25, 0.3) is 30.4 Å². The maximum absolute atomic E-state index is 11.1. The van der Waals surface area contributed by atoms with E-state index in [4.69, 9.17) is 84.6 Å². The molecule has 4 aliphatic heterocycles. The molecule has 0 N–H and O–H groups in total. The number of hydrogen-bond acceptors (Lipinski definition) is 21. The second kappa shape index (κ2) is 36.6. The summed E-state index contributed by atoms with van der Waals surface area (Å²) < 4.78 is 130.